The second-order valence-corrected chi connectivity index (χ2v) is 14.6. The van der Waals surface area contributed by atoms with E-state index < -0.39 is 5.60 Å². The molecule has 40 heavy (non-hydrogen) atoms. The van der Waals surface area contributed by atoms with Crippen molar-refractivity contribution in [3.05, 3.63) is 46.6 Å². The van der Waals surface area contributed by atoms with E-state index in [4.69, 9.17) is 9.73 Å². The molecular weight excluding hydrogens is 492 g/mol. The molecular formula is C36H56N2O2. The first-order chi connectivity index (χ1) is 18.8. The molecule has 0 N–H and O–H groups in total. The third kappa shape index (κ3) is 7.21. The van der Waals surface area contributed by atoms with Gasteiger partial charge in [0.15, 0.2) is 0 Å². The molecule has 4 heteroatoms. The van der Waals surface area contributed by atoms with Gasteiger partial charge in [-0.1, -0.05) is 38.2 Å². The third-order valence-electron chi connectivity index (χ3n) is 10.1. The van der Waals surface area contributed by atoms with Gasteiger partial charge in [0.1, 0.15) is 5.60 Å². The molecule has 4 fully saturated rings. The fraction of sp³-hybridized carbons (Fsp3) is 0.722. The first-order valence-electron chi connectivity index (χ1n) is 16.1. The van der Waals surface area contributed by atoms with E-state index in [-0.39, 0.29) is 12.0 Å². The van der Waals surface area contributed by atoms with Crippen LogP contribution in [0, 0.1) is 29.1 Å². The Labute approximate surface area is 245 Å². The number of rotatable bonds is 7. The maximum absolute atomic E-state index is 12.9. The van der Waals surface area contributed by atoms with Crippen LogP contribution in [0.2, 0.25) is 0 Å². The molecule has 0 aromatic rings. The lowest BCUT2D eigenvalue weighted by Gasteiger charge is -2.49. The van der Waals surface area contributed by atoms with E-state index in [1.165, 1.54) is 73.7 Å². The topological polar surface area (TPSA) is 41.9 Å². The number of fused-ring (bicyclic) bond motifs is 3. The van der Waals surface area contributed by atoms with E-state index in [9.17, 15) is 4.79 Å². The Morgan fingerprint density at radius 2 is 1.77 bits per heavy atom. The zero-order chi connectivity index (χ0) is 29.2. The molecule has 2 atom stereocenters. The lowest BCUT2D eigenvalue weighted by atomic mass is 9.55. The van der Waals surface area contributed by atoms with Crippen molar-refractivity contribution in [1.82, 2.24) is 4.90 Å². The molecule has 0 radical (unpaired) electrons. The standard InChI is InChI=1S/C36H56N2O2/c1-24(2)32(30-11-10-20-38(23-25(3)21-30)34(39)40-35(6,7)8)33(27(5)37-9)31(29-12-13-29)22-26(4)36-17-14-28(15-18-36)16-19-36/h21-22,25-26,28-29H,1,10-20,23H2,2-9H3/b30-21-,31-22-,33-32-,37-27-/t25-,26?,28?,36?/m1/s1. The summed E-state index contributed by atoms with van der Waals surface area (Å²) in [6, 6.07) is 0. The van der Waals surface area contributed by atoms with Gasteiger partial charge in [0.2, 0.25) is 0 Å². The summed E-state index contributed by atoms with van der Waals surface area (Å²) in [5.41, 5.74) is 7.80. The molecule has 1 amide bonds. The summed E-state index contributed by atoms with van der Waals surface area (Å²) in [5, 5.41) is 0. The third-order valence-corrected chi connectivity index (χ3v) is 10.1. The first kappa shape index (κ1) is 30.8. The fourth-order valence-corrected chi connectivity index (χ4v) is 7.60. The molecule has 1 unspecified atom stereocenters. The smallest absolute Gasteiger partial charge is 0.410 e. The summed E-state index contributed by atoms with van der Waals surface area (Å²) < 4.78 is 5.71. The Hall–Kier alpha value is -2.10. The van der Waals surface area contributed by atoms with Gasteiger partial charge < -0.3 is 9.64 Å². The molecule has 4 aliphatic carbocycles. The van der Waals surface area contributed by atoms with Gasteiger partial charge in [-0.3, -0.25) is 4.99 Å². The van der Waals surface area contributed by atoms with Crippen LogP contribution in [0.4, 0.5) is 4.79 Å². The van der Waals surface area contributed by atoms with E-state index >= 15 is 0 Å². The maximum atomic E-state index is 12.9. The first-order valence-corrected chi connectivity index (χ1v) is 16.1. The van der Waals surface area contributed by atoms with Gasteiger partial charge in [0.25, 0.3) is 0 Å². The van der Waals surface area contributed by atoms with Crippen LogP contribution >= 0.6 is 0 Å². The van der Waals surface area contributed by atoms with Crippen molar-refractivity contribution < 1.29 is 9.53 Å². The quantitative estimate of drug-likeness (QED) is 0.235. The molecule has 5 rings (SSSR count). The average Bonchev–Trinajstić information content (AvgIpc) is 3.73. The minimum Gasteiger partial charge on any atom is -0.444 e. The van der Waals surface area contributed by atoms with Gasteiger partial charge >= 0.3 is 6.09 Å². The number of amides is 1. The Bertz CT molecular complexity index is 1070. The summed E-state index contributed by atoms with van der Waals surface area (Å²) in [4.78, 5) is 19.6. The number of allylic oxidation sites excluding steroid dienone is 6. The predicted molar refractivity (Wildman–Crippen MR) is 169 cm³/mol. The van der Waals surface area contributed by atoms with Gasteiger partial charge in [0.05, 0.1) is 0 Å². The Morgan fingerprint density at radius 1 is 1.15 bits per heavy atom. The van der Waals surface area contributed by atoms with Crippen LogP contribution in [0.1, 0.15) is 113 Å². The van der Waals surface area contributed by atoms with Crippen molar-refractivity contribution in [3.8, 4) is 0 Å². The van der Waals surface area contributed by atoms with Gasteiger partial charge in [-0.05, 0) is 145 Å². The van der Waals surface area contributed by atoms with E-state index in [1.807, 2.05) is 32.7 Å². The van der Waals surface area contributed by atoms with Crippen molar-refractivity contribution in [3.63, 3.8) is 0 Å². The van der Waals surface area contributed by atoms with Crippen LogP contribution in [0.3, 0.4) is 0 Å². The highest BCUT2D eigenvalue weighted by atomic mass is 16.6. The Kier molecular flexibility index (Phi) is 9.57. The molecule has 4 nitrogen and oxygen atoms in total. The van der Waals surface area contributed by atoms with E-state index in [0.29, 0.717) is 30.3 Å². The summed E-state index contributed by atoms with van der Waals surface area (Å²) in [7, 11) is 1.94. The molecule has 0 saturated heterocycles. The van der Waals surface area contributed by atoms with Crippen molar-refractivity contribution in [1.29, 1.82) is 0 Å². The number of nitrogens with zero attached hydrogens (tertiary/aromatic N) is 2. The minimum atomic E-state index is -0.481. The van der Waals surface area contributed by atoms with Crippen molar-refractivity contribution in [2.24, 2.45) is 34.1 Å². The van der Waals surface area contributed by atoms with Crippen LogP contribution in [0.15, 0.2) is 51.6 Å². The van der Waals surface area contributed by atoms with Gasteiger partial charge in [-0.15, -0.1) is 0 Å². The number of carbonyl (C=O) groups excluding carboxylic acids is 1. The predicted octanol–water partition coefficient (Wildman–Crippen LogP) is 9.49. The fourth-order valence-electron chi connectivity index (χ4n) is 7.60. The number of aliphatic imine (C=N–C) groups is 1. The Balaban J connectivity index is 1.72. The normalized spacial score (nSPS) is 31.0. The second kappa shape index (κ2) is 12.4. The molecule has 5 aliphatic rings. The van der Waals surface area contributed by atoms with Gasteiger partial charge in [0, 0.05) is 31.4 Å². The molecule has 0 aromatic carbocycles. The zero-order valence-corrected chi connectivity index (χ0v) is 26.9. The Morgan fingerprint density at radius 3 is 2.30 bits per heavy atom. The molecule has 2 bridgehead atoms. The van der Waals surface area contributed by atoms with Gasteiger partial charge in [-0.25, -0.2) is 4.79 Å². The van der Waals surface area contributed by atoms with Crippen LogP contribution < -0.4 is 0 Å². The van der Waals surface area contributed by atoms with Crippen LogP contribution in [-0.4, -0.2) is 42.4 Å². The highest BCUT2D eigenvalue weighted by molar-refractivity contribution is 6.04. The van der Waals surface area contributed by atoms with Gasteiger partial charge in [-0.2, -0.15) is 0 Å². The molecule has 1 aliphatic heterocycles. The van der Waals surface area contributed by atoms with Crippen LogP contribution in [0.5, 0.6) is 0 Å². The van der Waals surface area contributed by atoms with E-state index in [0.717, 1.165) is 30.0 Å². The van der Waals surface area contributed by atoms with Crippen LogP contribution in [0.25, 0.3) is 0 Å². The monoisotopic (exact) mass is 548 g/mol. The molecule has 222 valence electrons. The molecule has 1 heterocycles. The van der Waals surface area contributed by atoms with E-state index in [1.54, 1.807) is 0 Å². The minimum absolute atomic E-state index is 0.203. The van der Waals surface area contributed by atoms with Crippen molar-refractivity contribution in [2.45, 2.75) is 118 Å². The zero-order valence-electron chi connectivity index (χ0n) is 26.9. The van der Waals surface area contributed by atoms with E-state index in [2.05, 4.69) is 46.4 Å². The SMILES string of the molecule is C=C(C)C(/C1=C\[C@@H](C)CN(C(=O)OC(C)(C)C)CCC1)=C(C(=C\C(C)C12CCC(CC1)CC2)/C1CC1)\C(C)=N/C. The number of ether oxygens (including phenoxy) is 1. The van der Waals surface area contributed by atoms with Crippen LogP contribution in [-0.2, 0) is 4.74 Å². The summed E-state index contributed by atoms with van der Waals surface area (Å²) in [5.74, 6) is 2.43. The molecule has 4 saturated carbocycles. The number of hydrogen-bond acceptors (Lipinski definition) is 3. The molecule has 0 spiro atoms. The van der Waals surface area contributed by atoms with Crippen molar-refractivity contribution in [2.75, 3.05) is 20.1 Å². The summed E-state index contributed by atoms with van der Waals surface area (Å²) >= 11 is 0. The highest BCUT2D eigenvalue weighted by Gasteiger charge is 2.44. The second-order valence-electron chi connectivity index (χ2n) is 14.6. The summed E-state index contributed by atoms with van der Waals surface area (Å²) in [6.07, 6.45) is 17.8. The highest BCUT2D eigenvalue weighted by Crippen LogP contribution is 2.56. The lowest BCUT2D eigenvalue weighted by Crippen LogP contribution is -2.40. The number of carbonyl (C=O) groups is 1. The number of hydrogen-bond donors (Lipinski definition) is 0. The largest absolute Gasteiger partial charge is 0.444 e. The lowest BCUT2D eigenvalue weighted by molar-refractivity contribution is 0.0230. The van der Waals surface area contributed by atoms with Crippen molar-refractivity contribution >= 4 is 11.8 Å². The summed E-state index contributed by atoms with van der Waals surface area (Å²) in [6.45, 7) is 20.8. The average molecular weight is 549 g/mol. The molecule has 0 aromatic heterocycles. The maximum Gasteiger partial charge on any atom is 0.410 e.